The highest BCUT2D eigenvalue weighted by atomic mass is 16.5. The molecule has 1 atom stereocenters. The molecule has 0 saturated heterocycles. The monoisotopic (exact) mass is 285 g/mol. The third kappa shape index (κ3) is 3.34. The number of hydrogen-bond acceptors (Lipinski definition) is 3. The highest BCUT2D eigenvalue weighted by Crippen LogP contribution is 2.23. The Morgan fingerprint density at radius 1 is 1.19 bits per heavy atom. The molecule has 1 unspecified atom stereocenters. The van der Waals surface area contributed by atoms with Crippen molar-refractivity contribution in [2.45, 2.75) is 19.9 Å². The summed E-state index contributed by atoms with van der Waals surface area (Å²) in [4.78, 5) is 12.5. The molecule has 2 aromatic rings. The molecule has 0 aliphatic rings. The summed E-state index contributed by atoms with van der Waals surface area (Å²) in [6, 6.07) is 12.1. The van der Waals surface area contributed by atoms with Crippen LogP contribution in [-0.2, 0) is 0 Å². The average Bonchev–Trinajstić information content (AvgIpc) is 2.47. The Morgan fingerprint density at radius 2 is 1.86 bits per heavy atom. The molecule has 0 radical (unpaired) electrons. The minimum absolute atomic E-state index is 0.164. The molecule has 0 aliphatic heterocycles. The molecule has 0 saturated carbocycles. The van der Waals surface area contributed by atoms with E-state index in [1.54, 1.807) is 37.4 Å². The van der Waals surface area contributed by atoms with Crippen LogP contribution in [0.5, 0.6) is 11.5 Å². The van der Waals surface area contributed by atoms with Crippen LogP contribution in [-0.4, -0.2) is 18.1 Å². The van der Waals surface area contributed by atoms with Crippen molar-refractivity contribution in [3.05, 3.63) is 59.2 Å². The lowest BCUT2D eigenvalue weighted by molar-refractivity contribution is 0.0936. The number of aromatic hydroxyl groups is 1. The predicted octanol–water partition coefficient (Wildman–Crippen LogP) is 3.20. The van der Waals surface area contributed by atoms with Gasteiger partial charge in [-0.3, -0.25) is 4.79 Å². The van der Waals surface area contributed by atoms with Crippen molar-refractivity contribution in [1.29, 1.82) is 0 Å². The second-order valence-corrected chi connectivity index (χ2v) is 4.94. The maximum atomic E-state index is 12.5. The molecule has 0 aliphatic carbocycles. The second kappa shape index (κ2) is 6.31. The lowest BCUT2D eigenvalue weighted by atomic mass is 10.0. The minimum atomic E-state index is -0.175. The summed E-state index contributed by atoms with van der Waals surface area (Å²) < 4.78 is 5.26. The van der Waals surface area contributed by atoms with Gasteiger partial charge in [0, 0.05) is 0 Å². The molecule has 2 aromatic carbocycles. The summed E-state index contributed by atoms with van der Waals surface area (Å²) >= 11 is 0. The molecule has 110 valence electrons. The first-order chi connectivity index (χ1) is 10.0. The molecule has 2 N–H and O–H groups in total. The Labute approximate surface area is 124 Å². The Bertz CT molecular complexity index is 635. The Kier molecular flexibility index (Phi) is 4.48. The fourth-order valence-corrected chi connectivity index (χ4v) is 2.22. The van der Waals surface area contributed by atoms with Gasteiger partial charge in [-0.1, -0.05) is 24.3 Å². The SMILES string of the molecule is COc1cccc(C)c1C(=O)NC(C)c1ccc(O)cc1. The molecule has 4 nitrogen and oxygen atoms in total. The number of hydrogen-bond donors (Lipinski definition) is 2. The fraction of sp³-hybridized carbons (Fsp3) is 0.235. The van der Waals surface area contributed by atoms with E-state index in [0.717, 1.165) is 11.1 Å². The topological polar surface area (TPSA) is 58.6 Å². The zero-order chi connectivity index (χ0) is 15.4. The van der Waals surface area contributed by atoms with E-state index in [9.17, 15) is 9.90 Å². The first-order valence-corrected chi connectivity index (χ1v) is 6.76. The van der Waals surface area contributed by atoms with Crippen LogP contribution in [0.3, 0.4) is 0 Å². The fourth-order valence-electron chi connectivity index (χ4n) is 2.22. The number of carbonyl (C=O) groups is 1. The van der Waals surface area contributed by atoms with Gasteiger partial charge in [-0.2, -0.15) is 0 Å². The van der Waals surface area contributed by atoms with Gasteiger partial charge >= 0.3 is 0 Å². The molecule has 4 heteroatoms. The summed E-state index contributed by atoms with van der Waals surface area (Å²) in [5, 5.41) is 12.2. The molecular formula is C17H19NO3. The van der Waals surface area contributed by atoms with Crippen LogP contribution in [0.15, 0.2) is 42.5 Å². The van der Waals surface area contributed by atoms with E-state index in [0.29, 0.717) is 11.3 Å². The van der Waals surface area contributed by atoms with Crippen LogP contribution in [0, 0.1) is 6.92 Å². The van der Waals surface area contributed by atoms with Crippen molar-refractivity contribution in [3.8, 4) is 11.5 Å². The van der Waals surface area contributed by atoms with E-state index in [1.807, 2.05) is 26.0 Å². The second-order valence-electron chi connectivity index (χ2n) is 4.94. The molecule has 0 spiro atoms. The van der Waals surface area contributed by atoms with Crippen molar-refractivity contribution in [2.75, 3.05) is 7.11 Å². The third-order valence-corrected chi connectivity index (χ3v) is 3.42. The zero-order valence-electron chi connectivity index (χ0n) is 12.4. The van der Waals surface area contributed by atoms with E-state index in [1.165, 1.54) is 0 Å². The normalized spacial score (nSPS) is 11.8. The lowest BCUT2D eigenvalue weighted by Gasteiger charge is -2.17. The Balaban J connectivity index is 2.20. The highest BCUT2D eigenvalue weighted by Gasteiger charge is 2.17. The molecule has 1 amide bonds. The van der Waals surface area contributed by atoms with Crippen LogP contribution in [0.2, 0.25) is 0 Å². The smallest absolute Gasteiger partial charge is 0.255 e. The van der Waals surface area contributed by atoms with Gasteiger partial charge in [0.15, 0.2) is 0 Å². The molecule has 21 heavy (non-hydrogen) atoms. The van der Waals surface area contributed by atoms with Crippen LogP contribution in [0.4, 0.5) is 0 Å². The quantitative estimate of drug-likeness (QED) is 0.907. The first kappa shape index (κ1) is 14.9. The molecular weight excluding hydrogens is 266 g/mol. The number of benzene rings is 2. The maximum absolute atomic E-state index is 12.5. The van der Waals surface area contributed by atoms with Gasteiger partial charge in [0.25, 0.3) is 5.91 Å². The van der Waals surface area contributed by atoms with E-state index in [4.69, 9.17) is 4.74 Å². The predicted molar refractivity (Wildman–Crippen MR) is 81.7 cm³/mol. The van der Waals surface area contributed by atoms with Crippen molar-refractivity contribution < 1.29 is 14.6 Å². The number of methoxy groups -OCH3 is 1. The van der Waals surface area contributed by atoms with E-state index >= 15 is 0 Å². The number of aryl methyl sites for hydroxylation is 1. The highest BCUT2D eigenvalue weighted by molar-refractivity contribution is 5.98. The van der Waals surface area contributed by atoms with Crippen molar-refractivity contribution in [3.63, 3.8) is 0 Å². The van der Waals surface area contributed by atoms with E-state index < -0.39 is 0 Å². The van der Waals surface area contributed by atoms with Gasteiger partial charge in [0.1, 0.15) is 11.5 Å². The maximum Gasteiger partial charge on any atom is 0.255 e. The van der Waals surface area contributed by atoms with Crippen LogP contribution >= 0.6 is 0 Å². The van der Waals surface area contributed by atoms with Crippen molar-refractivity contribution >= 4 is 5.91 Å². The number of rotatable bonds is 4. The van der Waals surface area contributed by atoms with Gasteiger partial charge in [-0.25, -0.2) is 0 Å². The van der Waals surface area contributed by atoms with Gasteiger partial charge in [0.2, 0.25) is 0 Å². The Morgan fingerprint density at radius 3 is 2.48 bits per heavy atom. The third-order valence-electron chi connectivity index (χ3n) is 3.42. The molecule has 0 heterocycles. The molecule has 2 rings (SSSR count). The summed E-state index contributed by atoms with van der Waals surface area (Å²) in [6.07, 6.45) is 0. The lowest BCUT2D eigenvalue weighted by Crippen LogP contribution is -2.27. The van der Waals surface area contributed by atoms with E-state index in [-0.39, 0.29) is 17.7 Å². The summed E-state index contributed by atoms with van der Waals surface area (Å²) in [6.45, 7) is 3.78. The van der Waals surface area contributed by atoms with Gasteiger partial charge in [-0.05, 0) is 43.2 Å². The van der Waals surface area contributed by atoms with Crippen LogP contribution in [0.1, 0.15) is 34.5 Å². The largest absolute Gasteiger partial charge is 0.508 e. The Hall–Kier alpha value is -2.49. The first-order valence-electron chi connectivity index (χ1n) is 6.76. The van der Waals surface area contributed by atoms with Gasteiger partial charge in [-0.15, -0.1) is 0 Å². The summed E-state index contributed by atoms with van der Waals surface area (Å²) in [5.74, 6) is 0.591. The summed E-state index contributed by atoms with van der Waals surface area (Å²) in [5.41, 5.74) is 2.34. The minimum Gasteiger partial charge on any atom is -0.508 e. The number of nitrogens with one attached hydrogen (secondary N) is 1. The van der Waals surface area contributed by atoms with Crippen LogP contribution in [0.25, 0.3) is 0 Å². The van der Waals surface area contributed by atoms with Crippen molar-refractivity contribution in [2.24, 2.45) is 0 Å². The average molecular weight is 285 g/mol. The van der Waals surface area contributed by atoms with Gasteiger partial charge < -0.3 is 15.2 Å². The summed E-state index contributed by atoms with van der Waals surface area (Å²) in [7, 11) is 1.55. The number of phenols is 1. The number of carbonyl (C=O) groups excluding carboxylic acids is 1. The van der Waals surface area contributed by atoms with Crippen LogP contribution < -0.4 is 10.1 Å². The number of amides is 1. The standard InChI is InChI=1S/C17H19NO3/c1-11-5-4-6-15(21-3)16(11)17(20)18-12(2)13-7-9-14(19)10-8-13/h4-10,12,19H,1-3H3,(H,18,20). The molecule has 0 aromatic heterocycles. The number of phenolic OH excluding ortho intramolecular Hbond substituents is 1. The van der Waals surface area contributed by atoms with Gasteiger partial charge in [0.05, 0.1) is 18.7 Å². The van der Waals surface area contributed by atoms with E-state index in [2.05, 4.69) is 5.32 Å². The zero-order valence-corrected chi connectivity index (χ0v) is 12.4. The van der Waals surface area contributed by atoms with Crippen molar-refractivity contribution in [1.82, 2.24) is 5.32 Å². The molecule has 0 fully saturated rings. The molecule has 0 bridgehead atoms. The number of ether oxygens (including phenoxy) is 1.